The van der Waals surface area contributed by atoms with Gasteiger partial charge in [-0.2, -0.15) is 5.26 Å². The van der Waals surface area contributed by atoms with Crippen LogP contribution in [-0.4, -0.2) is 19.6 Å². The minimum atomic E-state index is -0.459. The number of hydrogen-bond acceptors (Lipinski definition) is 4. The molecule has 0 atom stereocenters. The van der Waals surface area contributed by atoms with E-state index in [0.717, 1.165) is 9.13 Å². The molecule has 0 saturated carbocycles. The third kappa shape index (κ3) is 4.99. The third-order valence-corrected chi connectivity index (χ3v) is 4.33. The van der Waals surface area contributed by atoms with E-state index in [9.17, 15) is 10.1 Å². The number of carbonyl (C=O) groups is 1. The molecular formula is C20H19IN2O3. The van der Waals surface area contributed by atoms with E-state index in [-0.39, 0.29) is 5.57 Å². The Morgan fingerprint density at radius 1 is 1.31 bits per heavy atom. The maximum Gasteiger partial charge on any atom is 0.266 e. The molecule has 26 heavy (non-hydrogen) atoms. The van der Waals surface area contributed by atoms with Gasteiger partial charge in [0.15, 0.2) is 11.5 Å². The number of hydrogen-bond donors (Lipinski definition) is 1. The van der Waals surface area contributed by atoms with Gasteiger partial charge in [0, 0.05) is 5.69 Å². The Labute approximate surface area is 166 Å². The second-order valence-corrected chi connectivity index (χ2v) is 6.62. The van der Waals surface area contributed by atoms with Crippen LogP contribution in [-0.2, 0) is 4.79 Å². The minimum Gasteiger partial charge on any atom is -0.493 e. The van der Waals surface area contributed by atoms with Crippen molar-refractivity contribution in [3.05, 3.63) is 56.7 Å². The van der Waals surface area contributed by atoms with Crippen molar-refractivity contribution in [2.45, 2.75) is 13.8 Å². The Bertz CT molecular complexity index is 868. The highest BCUT2D eigenvalue weighted by molar-refractivity contribution is 14.1. The summed E-state index contributed by atoms with van der Waals surface area (Å²) in [5.41, 5.74) is 2.42. The molecule has 5 nitrogen and oxygen atoms in total. The predicted molar refractivity (Wildman–Crippen MR) is 110 cm³/mol. The highest BCUT2D eigenvalue weighted by Crippen LogP contribution is 2.34. The van der Waals surface area contributed by atoms with Gasteiger partial charge in [0.05, 0.1) is 17.3 Å². The smallest absolute Gasteiger partial charge is 0.266 e. The second-order valence-electron chi connectivity index (χ2n) is 5.46. The lowest BCUT2D eigenvalue weighted by atomic mass is 10.1. The molecule has 0 aliphatic heterocycles. The molecule has 1 N–H and O–H groups in total. The molecular weight excluding hydrogens is 443 g/mol. The highest BCUT2D eigenvalue weighted by atomic mass is 127. The van der Waals surface area contributed by atoms with Gasteiger partial charge < -0.3 is 14.8 Å². The molecule has 0 radical (unpaired) electrons. The zero-order chi connectivity index (χ0) is 19.1. The van der Waals surface area contributed by atoms with Gasteiger partial charge in [-0.3, -0.25) is 4.79 Å². The number of halogens is 1. The van der Waals surface area contributed by atoms with E-state index in [1.807, 2.05) is 38.1 Å². The van der Waals surface area contributed by atoms with Gasteiger partial charge >= 0.3 is 0 Å². The molecule has 6 heteroatoms. The summed E-state index contributed by atoms with van der Waals surface area (Å²) in [6.45, 7) is 4.38. The van der Waals surface area contributed by atoms with E-state index < -0.39 is 5.91 Å². The fourth-order valence-corrected chi connectivity index (χ4v) is 3.04. The molecule has 2 rings (SSSR count). The van der Waals surface area contributed by atoms with Crippen LogP contribution in [0.1, 0.15) is 18.1 Å². The average Bonchev–Trinajstić information content (AvgIpc) is 2.63. The normalized spacial score (nSPS) is 10.8. The van der Waals surface area contributed by atoms with Crippen LogP contribution in [0.3, 0.4) is 0 Å². The predicted octanol–water partition coefficient (Wildman–Crippen LogP) is 4.55. The second kappa shape index (κ2) is 9.25. The molecule has 2 aromatic rings. The molecule has 0 heterocycles. The zero-order valence-corrected chi connectivity index (χ0v) is 17.0. The summed E-state index contributed by atoms with van der Waals surface area (Å²) in [5.74, 6) is 0.746. The van der Waals surface area contributed by atoms with Crippen LogP contribution in [0.4, 0.5) is 5.69 Å². The van der Waals surface area contributed by atoms with E-state index >= 15 is 0 Å². The monoisotopic (exact) mass is 462 g/mol. The summed E-state index contributed by atoms with van der Waals surface area (Å²) in [5, 5.41) is 12.1. The molecule has 1 amide bonds. The summed E-state index contributed by atoms with van der Waals surface area (Å²) in [6.07, 6.45) is 1.53. The van der Waals surface area contributed by atoms with Crippen LogP contribution >= 0.6 is 22.6 Å². The number of nitriles is 1. The van der Waals surface area contributed by atoms with Gasteiger partial charge in [0.25, 0.3) is 5.91 Å². The Hall–Kier alpha value is -2.53. The van der Waals surface area contributed by atoms with E-state index in [4.69, 9.17) is 9.47 Å². The van der Waals surface area contributed by atoms with Crippen LogP contribution in [0.25, 0.3) is 6.08 Å². The lowest BCUT2D eigenvalue weighted by molar-refractivity contribution is -0.112. The lowest BCUT2D eigenvalue weighted by Crippen LogP contribution is -2.13. The fourth-order valence-electron chi connectivity index (χ4n) is 2.26. The van der Waals surface area contributed by atoms with Crippen LogP contribution in [0.15, 0.2) is 42.0 Å². The first-order valence-corrected chi connectivity index (χ1v) is 9.06. The molecule has 0 bridgehead atoms. The molecule has 0 aliphatic rings. The Kier molecular flexibility index (Phi) is 7.04. The van der Waals surface area contributed by atoms with Crippen LogP contribution in [0, 0.1) is 21.8 Å². The number of rotatable bonds is 6. The number of nitrogens with zero attached hydrogens (tertiary/aromatic N) is 1. The minimum absolute atomic E-state index is 0.00703. The number of nitrogens with one attached hydrogen (secondary N) is 1. The average molecular weight is 462 g/mol. The van der Waals surface area contributed by atoms with Gasteiger partial charge in [-0.15, -0.1) is 0 Å². The summed E-state index contributed by atoms with van der Waals surface area (Å²) >= 11 is 2.14. The zero-order valence-electron chi connectivity index (χ0n) is 14.8. The lowest BCUT2D eigenvalue weighted by Gasteiger charge is -2.12. The Morgan fingerprint density at radius 2 is 2.00 bits per heavy atom. The Morgan fingerprint density at radius 3 is 2.58 bits per heavy atom. The van der Waals surface area contributed by atoms with E-state index in [0.29, 0.717) is 29.4 Å². The molecule has 0 aromatic heterocycles. The van der Waals surface area contributed by atoms with Crippen molar-refractivity contribution in [1.29, 1.82) is 5.26 Å². The van der Waals surface area contributed by atoms with Crippen molar-refractivity contribution >= 4 is 40.3 Å². The topological polar surface area (TPSA) is 71.3 Å². The SMILES string of the molecule is CCOc1c(I)cc(/C=C(/C#N)C(=O)Nc2ccc(C)cc2)cc1OC. The maximum atomic E-state index is 12.4. The van der Waals surface area contributed by atoms with Gasteiger partial charge in [-0.25, -0.2) is 0 Å². The van der Waals surface area contributed by atoms with Gasteiger partial charge in [-0.1, -0.05) is 17.7 Å². The van der Waals surface area contributed by atoms with E-state index in [2.05, 4.69) is 27.9 Å². The number of methoxy groups -OCH3 is 1. The first-order valence-electron chi connectivity index (χ1n) is 7.98. The van der Waals surface area contributed by atoms with Crippen molar-refractivity contribution in [2.75, 3.05) is 19.0 Å². The summed E-state index contributed by atoms with van der Waals surface area (Å²) in [7, 11) is 1.55. The standard InChI is InChI=1S/C20H19IN2O3/c1-4-26-19-17(21)10-14(11-18(19)25-3)9-15(12-22)20(24)23-16-7-5-13(2)6-8-16/h5-11H,4H2,1-3H3,(H,23,24)/b15-9-. The number of amides is 1. The van der Waals surface area contributed by atoms with E-state index in [1.54, 1.807) is 25.3 Å². The summed E-state index contributed by atoms with van der Waals surface area (Å²) in [6, 6.07) is 12.9. The molecule has 0 fully saturated rings. The Balaban J connectivity index is 2.30. The van der Waals surface area contributed by atoms with Crippen LogP contribution < -0.4 is 14.8 Å². The quantitative estimate of drug-likeness (QED) is 0.389. The molecule has 134 valence electrons. The van der Waals surface area contributed by atoms with Crippen molar-refractivity contribution < 1.29 is 14.3 Å². The molecule has 0 spiro atoms. The number of benzene rings is 2. The summed E-state index contributed by atoms with van der Waals surface area (Å²) < 4.78 is 11.8. The van der Waals surface area contributed by atoms with Crippen molar-refractivity contribution in [3.63, 3.8) is 0 Å². The molecule has 2 aromatic carbocycles. The molecule has 0 aliphatic carbocycles. The number of ether oxygens (including phenoxy) is 2. The largest absolute Gasteiger partial charge is 0.493 e. The number of anilines is 1. The third-order valence-electron chi connectivity index (χ3n) is 3.53. The highest BCUT2D eigenvalue weighted by Gasteiger charge is 2.13. The summed E-state index contributed by atoms with van der Waals surface area (Å²) in [4.78, 5) is 12.4. The van der Waals surface area contributed by atoms with E-state index in [1.165, 1.54) is 6.08 Å². The fraction of sp³-hybridized carbons (Fsp3) is 0.200. The maximum absolute atomic E-state index is 12.4. The number of aryl methyl sites for hydroxylation is 1. The van der Waals surface area contributed by atoms with Crippen LogP contribution in [0.5, 0.6) is 11.5 Å². The van der Waals surface area contributed by atoms with Crippen molar-refractivity contribution in [3.8, 4) is 17.6 Å². The van der Waals surface area contributed by atoms with Crippen LogP contribution in [0.2, 0.25) is 0 Å². The van der Waals surface area contributed by atoms with Gasteiger partial charge in [-0.05, 0) is 72.3 Å². The van der Waals surface area contributed by atoms with Crippen molar-refractivity contribution in [1.82, 2.24) is 0 Å². The number of carbonyl (C=O) groups excluding carboxylic acids is 1. The molecule has 0 unspecified atom stereocenters. The van der Waals surface area contributed by atoms with Gasteiger partial charge in [0.2, 0.25) is 0 Å². The first kappa shape index (κ1) is 19.8. The first-order chi connectivity index (χ1) is 12.5. The van der Waals surface area contributed by atoms with Gasteiger partial charge in [0.1, 0.15) is 11.6 Å². The molecule has 0 saturated heterocycles. The van der Waals surface area contributed by atoms with Crippen molar-refractivity contribution in [2.24, 2.45) is 0 Å².